The molecule has 17 heavy (non-hydrogen) atoms. The van der Waals surface area contributed by atoms with E-state index in [4.69, 9.17) is 5.73 Å². The van der Waals surface area contributed by atoms with Gasteiger partial charge in [0.15, 0.2) is 0 Å². The Labute approximate surface area is 102 Å². The summed E-state index contributed by atoms with van der Waals surface area (Å²) < 4.78 is 0. The highest BCUT2D eigenvalue weighted by atomic mass is 14.9. The van der Waals surface area contributed by atoms with Crippen LogP contribution in [-0.2, 0) is 0 Å². The molecule has 0 spiro atoms. The SMILES string of the molecule is C=C(C)c1ccc(Nc2ccccc2N)cc1. The molecule has 0 atom stereocenters. The molecule has 2 rings (SSSR count). The first-order valence-electron chi connectivity index (χ1n) is 5.54. The van der Waals surface area contributed by atoms with Crippen molar-refractivity contribution in [1.82, 2.24) is 0 Å². The van der Waals surface area contributed by atoms with Crippen molar-refractivity contribution in [2.45, 2.75) is 6.92 Å². The van der Waals surface area contributed by atoms with E-state index in [1.165, 1.54) is 0 Å². The molecule has 0 radical (unpaired) electrons. The number of hydrogen-bond donors (Lipinski definition) is 2. The van der Waals surface area contributed by atoms with Crippen LogP contribution in [0.4, 0.5) is 17.1 Å². The van der Waals surface area contributed by atoms with Crippen LogP contribution in [0.15, 0.2) is 55.1 Å². The largest absolute Gasteiger partial charge is 0.397 e. The lowest BCUT2D eigenvalue weighted by molar-refractivity contribution is 1.52. The first-order valence-corrected chi connectivity index (χ1v) is 5.54. The van der Waals surface area contributed by atoms with Gasteiger partial charge in [0.2, 0.25) is 0 Å². The Morgan fingerprint density at radius 1 is 1.06 bits per heavy atom. The quantitative estimate of drug-likeness (QED) is 0.772. The van der Waals surface area contributed by atoms with Gasteiger partial charge in [-0.15, -0.1) is 0 Å². The maximum atomic E-state index is 5.87. The third-order valence-corrected chi connectivity index (χ3v) is 2.62. The number of nitrogens with two attached hydrogens (primary N) is 1. The van der Waals surface area contributed by atoms with Gasteiger partial charge in [-0.1, -0.05) is 36.4 Å². The van der Waals surface area contributed by atoms with Crippen LogP contribution >= 0.6 is 0 Å². The zero-order valence-corrected chi connectivity index (χ0v) is 9.90. The lowest BCUT2D eigenvalue weighted by Crippen LogP contribution is -1.95. The molecule has 0 saturated heterocycles. The molecule has 0 bridgehead atoms. The Hall–Kier alpha value is -2.22. The lowest BCUT2D eigenvalue weighted by Gasteiger charge is -2.09. The van der Waals surface area contributed by atoms with Crippen LogP contribution in [0.3, 0.4) is 0 Å². The lowest BCUT2D eigenvalue weighted by atomic mass is 10.1. The number of benzene rings is 2. The highest BCUT2D eigenvalue weighted by Gasteiger charge is 1.98. The Morgan fingerprint density at radius 3 is 2.29 bits per heavy atom. The molecule has 0 aliphatic heterocycles. The average Bonchev–Trinajstić information content (AvgIpc) is 2.33. The zero-order chi connectivity index (χ0) is 12.3. The van der Waals surface area contributed by atoms with Crippen LogP contribution in [0.2, 0.25) is 0 Å². The van der Waals surface area contributed by atoms with Gasteiger partial charge in [-0.3, -0.25) is 0 Å². The minimum Gasteiger partial charge on any atom is -0.397 e. The van der Waals surface area contributed by atoms with Gasteiger partial charge in [-0.25, -0.2) is 0 Å². The first kappa shape index (κ1) is 11.3. The molecule has 86 valence electrons. The van der Waals surface area contributed by atoms with E-state index in [-0.39, 0.29) is 0 Å². The van der Waals surface area contributed by atoms with E-state index < -0.39 is 0 Å². The zero-order valence-electron chi connectivity index (χ0n) is 9.90. The highest BCUT2D eigenvalue weighted by molar-refractivity contribution is 5.73. The summed E-state index contributed by atoms with van der Waals surface area (Å²) >= 11 is 0. The number of nitrogens with one attached hydrogen (secondary N) is 1. The van der Waals surface area contributed by atoms with Gasteiger partial charge in [0.1, 0.15) is 0 Å². The molecular weight excluding hydrogens is 208 g/mol. The Balaban J connectivity index is 2.20. The smallest absolute Gasteiger partial charge is 0.0617 e. The van der Waals surface area contributed by atoms with E-state index in [1.807, 2.05) is 55.5 Å². The van der Waals surface area contributed by atoms with Crippen LogP contribution in [0.25, 0.3) is 5.57 Å². The highest BCUT2D eigenvalue weighted by Crippen LogP contribution is 2.23. The number of allylic oxidation sites excluding steroid dienone is 1. The average molecular weight is 224 g/mol. The van der Waals surface area contributed by atoms with Crippen molar-refractivity contribution < 1.29 is 0 Å². The van der Waals surface area contributed by atoms with Crippen molar-refractivity contribution in [3.63, 3.8) is 0 Å². The molecule has 2 heteroatoms. The van der Waals surface area contributed by atoms with E-state index in [9.17, 15) is 0 Å². The van der Waals surface area contributed by atoms with Gasteiger partial charge < -0.3 is 11.1 Å². The summed E-state index contributed by atoms with van der Waals surface area (Å²) in [5.41, 5.74) is 10.8. The van der Waals surface area contributed by atoms with Gasteiger partial charge in [-0.05, 0) is 36.8 Å². The Bertz CT molecular complexity index is 527. The van der Waals surface area contributed by atoms with E-state index in [1.54, 1.807) is 0 Å². The number of hydrogen-bond acceptors (Lipinski definition) is 2. The van der Waals surface area contributed by atoms with Crippen molar-refractivity contribution >= 4 is 22.6 Å². The fraction of sp³-hybridized carbons (Fsp3) is 0.0667. The van der Waals surface area contributed by atoms with Crippen LogP contribution in [0, 0.1) is 0 Å². The minimum absolute atomic E-state index is 0.747. The molecule has 2 nitrogen and oxygen atoms in total. The molecule has 2 aromatic carbocycles. The number of rotatable bonds is 3. The molecule has 0 aliphatic rings. The normalized spacial score (nSPS) is 9.94. The molecule has 3 N–H and O–H groups in total. The molecular formula is C15H16N2. The second kappa shape index (κ2) is 4.74. The van der Waals surface area contributed by atoms with Crippen molar-refractivity contribution in [3.05, 3.63) is 60.7 Å². The summed E-state index contributed by atoms with van der Waals surface area (Å²) in [5, 5.41) is 3.28. The standard InChI is InChI=1S/C15H16N2/c1-11(2)12-7-9-13(10-8-12)17-15-6-4-3-5-14(15)16/h3-10,17H,1,16H2,2H3. The monoisotopic (exact) mass is 224 g/mol. The number of nitrogen functional groups attached to an aromatic ring is 1. The van der Waals surface area contributed by atoms with Gasteiger partial charge in [0.05, 0.1) is 11.4 Å². The molecule has 0 amide bonds. The summed E-state index contributed by atoms with van der Waals surface area (Å²) in [5.74, 6) is 0. The van der Waals surface area contributed by atoms with Crippen LogP contribution in [-0.4, -0.2) is 0 Å². The fourth-order valence-electron chi connectivity index (χ4n) is 1.60. The summed E-state index contributed by atoms with van der Waals surface area (Å²) in [6, 6.07) is 15.9. The summed E-state index contributed by atoms with van der Waals surface area (Å²) in [6.07, 6.45) is 0. The Morgan fingerprint density at radius 2 is 1.71 bits per heavy atom. The molecule has 0 fully saturated rings. The van der Waals surface area contributed by atoms with Gasteiger partial charge in [0, 0.05) is 5.69 Å². The Kier molecular flexibility index (Phi) is 3.15. The molecule has 0 saturated carbocycles. The van der Waals surface area contributed by atoms with Crippen LogP contribution in [0.5, 0.6) is 0 Å². The molecule has 0 aromatic heterocycles. The third-order valence-electron chi connectivity index (χ3n) is 2.62. The van der Waals surface area contributed by atoms with E-state index in [0.717, 1.165) is 28.2 Å². The predicted octanol–water partition coefficient (Wildman–Crippen LogP) is 4.05. The summed E-state index contributed by atoms with van der Waals surface area (Å²) in [4.78, 5) is 0. The number of anilines is 3. The fourth-order valence-corrected chi connectivity index (χ4v) is 1.60. The maximum Gasteiger partial charge on any atom is 0.0617 e. The molecule has 0 aliphatic carbocycles. The summed E-state index contributed by atoms with van der Waals surface area (Å²) in [6.45, 7) is 5.91. The van der Waals surface area contributed by atoms with Crippen LogP contribution < -0.4 is 11.1 Å². The van der Waals surface area contributed by atoms with Crippen molar-refractivity contribution in [1.29, 1.82) is 0 Å². The van der Waals surface area contributed by atoms with Crippen LogP contribution in [0.1, 0.15) is 12.5 Å². The van der Waals surface area contributed by atoms with Gasteiger partial charge >= 0.3 is 0 Å². The molecule has 2 aromatic rings. The van der Waals surface area contributed by atoms with Crippen molar-refractivity contribution in [2.75, 3.05) is 11.1 Å². The van der Waals surface area contributed by atoms with Crippen molar-refractivity contribution in [3.8, 4) is 0 Å². The first-order chi connectivity index (χ1) is 8.16. The van der Waals surface area contributed by atoms with Gasteiger partial charge in [0.25, 0.3) is 0 Å². The van der Waals surface area contributed by atoms with E-state index in [2.05, 4.69) is 11.9 Å². The second-order valence-corrected chi connectivity index (χ2v) is 4.07. The van der Waals surface area contributed by atoms with E-state index in [0.29, 0.717) is 0 Å². The predicted molar refractivity (Wildman–Crippen MR) is 75.3 cm³/mol. The minimum atomic E-state index is 0.747. The van der Waals surface area contributed by atoms with Gasteiger partial charge in [-0.2, -0.15) is 0 Å². The number of para-hydroxylation sites is 2. The second-order valence-electron chi connectivity index (χ2n) is 4.07. The van der Waals surface area contributed by atoms with E-state index >= 15 is 0 Å². The topological polar surface area (TPSA) is 38.0 Å². The van der Waals surface area contributed by atoms with Crippen molar-refractivity contribution in [2.24, 2.45) is 0 Å². The third kappa shape index (κ3) is 2.67. The summed E-state index contributed by atoms with van der Waals surface area (Å²) in [7, 11) is 0. The maximum absolute atomic E-state index is 5.87. The molecule has 0 unspecified atom stereocenters. The molecule has 0 heterocycles.